The van der Waals surface area contributed by atoms with E-state index >= 15 is 0 Å². The van der Waals surface area contributed by atoms with Crippen molar-refractivity contribution in [2.45, 2.75) is 13.5 Å². The summed E-state index contributed by atoms with van der Waals surface area (Å²) in [5, 5.41) is 0.756. The Bertz CT molecular complexity index is 908. The number of fused-ring (bicyclic) bond motifs is 1. The molecule has 3 rings (SSSR count). The molecular formula is C17H14F2N2O3. The van der Waals surface area contributed by atoms with E-state index in [1.807, 2.05) is 6.92 Å². The summed E-state index contributed by atoms with van der Waals surface area (Å²) in [7, 11) is 0. The number of hydrogen-bond donors (Lipinski definition) is 0. The summed E-state index contributed by atoms with van der Waals surface area (Å²) in [6.45, 7) is -0.604. The molecule has 0 radical (unpaired) electrons. The zero-order chi connectivity index (χ0) is 17.1. The Hall–Kier alpha value is -2.96. The van der Waals surface area contributed by atoms with E-state index in [9.17, 15) is 13.6 Å². The van der Waals surface area contributed by atoms with Crippen LogP contribution >= 0.6 is 0 Å². The standard InChI is InChI=1S/C17H14F2N2O3/c1-2-23-14-9-3-11-4-10-15(22)21(16(11)20-14)12-5-7-13(8-6-12)24-17(18)19/h3-10,17H,2H2,1H3. The summed E-state index contributed by atoms with van der Waals surface area (Å²) in [6.07, 6.45) is 0. The molecule has 0 fully saturated rings. The summed E-state index contributed by atoms with van der Waals surface area (Å²) in [5.41, 5.74) is 0.635. The van der Waals surface area contributed by atoms with Gasteiger partial charge in [-0.3, -0.25) is 9.36 Å². The van der Waals surface area contributed by atoms with E-state index in [2.05, 4.69) is 9.72 Å². The van der Waals surface area contributed by atoms with Crippen LogP contribution in [0.5, 0.6) is 11.6 Å². The maximum Gasteiger partial charge on any atom is 0.387 e. The van der Waals surface area contributed by atoms with Gasteiger partial charge < -0.3 is 9.47 Å². The predicted molar refractivity (Wildman–Crippen MR) is 85.1 cm³/mol. The molecule has 0 saturated heterocycles. The average Bonchev–Trinajstić information content (AvgIpc) is 2.55. The molecule has 0 aliphatic heterocycles. The van der Waals surface area contributed by atoms with Gasteiger partial charge in [-0.05, 0) is 43.3 Å². The quantitative estimate of drug-likeness (QED) is 0.719. The molecule has 1 aromatic carbocycles. The third-order valence-electron chi connectivity index (χ3n) is 3.33. The van der Waals surface area contributed by atoms with Gasteiger partial charge in [0.15, 0.2) is 5.65 Å². The minimum atomic E-state index is -2.90. The van der Waals surface area contributed by atoms with E-state index in [0.717, 1.165) is 5.39 Å². The van der Waals surface area contributed by atoms with Crippen molar-refractivity contribution in [1.82, 2.24) is 9.55 Å². The molecule has 0 amide bonds. The van der Waals surface area contributed by atoms with Crippen molar-refractivity contribution >= 4 is 11.0 Å². The van der Waals surface area contributed by atoms with Gasteiger partial charge in [0.1, 0.15) is 5.75 Å². The van der Waals surface area contributed by atoms with Crippen LogP contribution in [0.15, 0.2) is 53.3 Å². The molecule has 0 atom stereocenters. The maximum atomic E-state index is 12.3. The Balaban J connectivity index is 2.11. The molecule has 2 aromatic heterocycles. The van der Waals surface area contributed by atoms with Gasteiger partial charge in [0.05, 0.1) is 12.3 Å². The third-order valence-corrected chi connectivity index (χ3v) is 3.33. The van der Waals surface area contributed by atoms with E-state index in [4.69, 9.17) is 4.74 Å². The summed E-state index contributed by atoms with van der Waals surface area (Å²) < 4.78 is 35.6. The SMILES string of the molecule is CCOc1ccc2ccc(=O)n(-c3ccc(OC(F)F)cc3)c2n1. The summed E-state index contributed by atoms with van der Waals surface area (Å²) in [4.78, 5) is 16.7. The van der Waals surface area contributed by atoms with Crippen LogP contribution in [0.2, 0.25) is 0 Å². The second-order valence-corrected chi connectivity index (χ2v) is 4.87. The zero-order valence-electron chi connectivity index (χ0n) is 12.8. The number of hydrogen-bond acceptors (Lipinski definition) is 4. The molecule has 7 heteroatoms. The Morgan fingerprint density at radius 2 is 1.79 bits per heavy atom. The number of nitrogens with zero attached hydrogens (tertiary/aromatic N) is 2. The van der Waals surface area contributed by atoms with Crippen molar-refractivity contribution in [2.24, 2.45) is 0 Å². The van der Waals surface area contributed by atoms with Crippen molar-refractivity contribution < 1.29 is 18.3 Å². The highest BCUT2D eigenvalue weighted by molar-refractivity contribution is 5.77. The summed E-state index contributed by atoms with van der Waals surface area (Å²) in [6, 6.07) is 12.4. The first-order chi connectivity index (χ1) is 11.6. The number of alkyl halides is 2. The van der Waals surface area contributed by atoms with E-state index in [-0.39, 0.29) is 11.3 Å². The van der Waals surface area contributed by atoms with E-state index in [1.54, 1.807) is 18.2 Å². The fourth-order valence-corrected chi connectivity index (χ4v) is 2.35. The number of aromatic nitrogens is 2. The van der Waals surface area contributed by atoms with Gasteiger partial charge in [0.25, 0.3) is 5.56 Å². The lowest BCUT2D eigenvalue weighted by Crippen LogP contribution is -2.18. The second-order valence-electron chi connectivity index (χ2n) is 4.87. The van der Waals surface area contributed by atoms with Gasteiger partial charge in [-0.2, -0.15) is 13.8 Å². The fraction of sp³-hybridized carbons (Fsp3) is 0.176. The molecule has 0 aliphatic carbocycles. The molecule has 0 saturated carbocycles. The minimum Gasteiger partial charge on any atom is -0.478 e. The van der Waals surface area contributed by atoms with E-state index in [0.29, 0.717) is 23.8 Å². The Kier molecular flexibility index (Phi) is 4.41. The van der Waals surface area contributed by atoms with Crippen molar-refractivity contribution in [2.75, 3.05) is 6.61 Å². The molecule has 0 bridgehead atoms. The van der Waals surface area contributed by atoms with Crippen molar-refractivity contribution in [3.05, 3.63) is 58.9 Å². The molecule has 0 spiro atoms. The highest BCUT2D eigenvalue weighted by Gasteiger charge is 2.10. The Morgan fingerprint density at radius 1 is 1.08 bits per heavy atom. The van der Waals surface area contributed by atoms with Gasteiger partial charge in [-0.25, -0.2) is 0 Å². The van der Waals surface area contributed by atoms with Crippen LogP contribution in [0, 0.1) is 0 Å². The van der Waals surface area contributed by atoms with E-state index in [1.165, 1.54) is 34.9 Å². The second kappa shape index (κ2) is 6.66. The number of ether oxygens (including phenoxy) is 2. The Labute approximate surface area is 136 Å². The molecule has 124 valence electrons. The van der Waals surface area contributed by atoms with Crippen LogP contribution in [0.25, 0.3) is 16.7 Å². The lowest BCUT2D eigenvalue weighted by Gasteiger charge is -2.11. The van der Waals surface area contributed by atoms with Crippen molar-refractivity contribution in [3.8, 4) is 17.3 Å². The summed E-state index contributed by atoms with van der Waals surface area (Å²) >= 11 is 0. The van der Waals surface area contributed by atoms with E-state index < -0.39 is 6.61 Å². The van der Waals surface area contributed by atoms with Gasteiger partial charge in [0, 0.05) is 17.5 Å². The van der Waals surface area contributed by atoms with Crippen LogP contribution in [0.3, 0.4) is 0 Å². The normalized spacial score (nSPS) is 11.0. The van der Waals surface area contributed by atoms with Crippen molar-refractivity contribution in [1.29, 1.82) is 0 Å². The maximum absolute atomic E-state index is 12.3. The first kappa shape index (κ1) is 15.9. The van der Waals surface area contributed by atoms with Crippen LogP contribution in [-0.2, 0) is 0 Å². The lowest BCUT2D eigenvalue weighted by atomic mass is 10.2. The number of halogens is 2. The highest BCUT2D eigenvalue weighted by Crippen LogP contribution is 2.21. The molecule has 2 heterocycles. The predicted octanol–water partition coefficient (Wildman–Crippen LogP) is 3.39. The van der Waals surface area contributed by atoms with Crippen LogP contribution in [0.4, 0.5) is 8.78 Å². The lowest BCUT2D eigenvalue weighted by molar-refractivity contribution is -0.0498. The van der Waals surface area contributed by atoms with Gasteiger partial charge in [0.2, 0.25) is 5.88 Å². The summed E-state index contributed by atoms with van der Waals surface area (Å²) in [5.74, 6) is 0.423. The zero-order valence-corrected chi connectivity index (χ0v) is 12.8. The highest BCUT2D eigenvalue weighted by atomic mass is 19.3. The number of benzene rings is 1. The minimum absolute atomic E-state index is 0.0185. The van der Waals surface area contributed by atoms with Crippen LogP contribution in [0.1, 0.15) is 6.92 Å². The number of rotatable bonds is 5. The molecule has 3 aromatic rings. The fourth-order valence-electron chi connectivity index (χ4n) is 2.35. The molecule has 0 N–H and O–H groups in total. The molecule has 0 unspecified atom stereocenters. The molecule has 5 nitrogen and oxygen atoms in total. The van der Waals surface area contributed by atoms with Crippen LogP contribution < -0.4 is 15.0 Å². The Morgan fingerprint density at radius 3 is 2.46 bits per heavy atom. The average molecular weight is 332 g/mol. The molecule has 24 heavy (non-hydrogen) atoms. The van der Waals surface area contributed by atoms with Crippen LogP contribution in [-0.4, -0.2) is 22.8 Å². The number of pyridine rings is 2. The topological polar surface area (TPSA) is 53.4 Å². The van der Waals surface area contributed by atoms with Gasteiger partial charge in [-0.1, -0.05) is 0 Å². The van der Waals surface area contributed by atoms with Crippen molar-refractivity contribution in [3.63, 3.8) is 0 Å². The molecular weight excluding hydrogens is 318 g/mol. The molecule has 0 aliphatic rings. The smallest absolute Gasteiger partial charge is 0.387 e. The van der Waals surface area contributed by atoms with Gasteiger partial charge in [-0.15, -0.1) is 0 Å². The monoisotopic (exact) mass is 332 g/mol. The largest absolute Gasteiger partial charge is 0.478 e. The third kappa shape index (κ3) is 3.19. The first-order valence-electron chi connectivity index (χ1n) is 7.29. The first-order valence-corrected chi connectivity index (χ1v) is 7.29. The van der Waals surface area contributed by atoms with Gasteiger partial charge >= 0.3 is 6.61 Å².